The minimum absolute atomic E-state index is 0.00616. The van der Waals surface area contributed by atoms with E-state index in [0.717, 1.165) is 16.0 Å². The van der Waals surface area contributed by atoms with Gasteiger partial charge in [-0.1, -0.05) is 24.3 Å². The number of hydrogen-bond acceptors (Lipinski definition) is 5. The number of imide groups is 1. The van der Waals surface area contributed by atoms with E-state index >= 15 is 0 Å². The molecule has 3 aliphatic carbocycles. The fraction of sp³-hybridized carbons (Fsp3) is 0.250. The molecule has 1 heterocycles. The molecule has 0 radical (unpaired) electrons. The highest BCUT2D eigenvalue weighted by Gasteiger charge is 2.62. The molecule has 2 aromatic carbocycles. The van der Waals surface area contributed by atoms with E-state index in [0.29, 0.717) is 5.69 Å². The largest absolute Gasteiger partial charge is 0.299 e. The van der Waals surface area contributed by atoms with E-state index in [2.05, 4.69) is 0 Å². The van der Waals surface area contributed by atoms with Crippen molar-refractivity contribution in [2.75, 3.05) is 4.90 Å². The number of nitro groups is 1. The fourth-order valence-electron chi connectivity index (χ4n) is 4.94. The Hall–Kier alpha value is -3.35. The van der Waals surface area contributed by atoms with Crippen molar-refractivity contribution in [1.82, 2.24) is 0 Å². The van der Waals surface area contributed by atoms with Gasteiger partial charge < -0.3 is 0 Å². The molecule has 0 aromatic heterocycles. The lowest BCUT2D eigenvalue weighted by Gasteiger charge is -2.43. The third-order valence-electron chi connectivity index (χ3n) is 6.01. The van der Waals surface area contributed by atoms with Crippen molar-refractivity contribution in [3.8, 4) is 0 Å². The second kappa shape index (κ2) is 5.33. The van der Waals surface area contributed by atoms with E-state index in [1.54, 1.807) is 0 Å². The highest BCUT2D eigenvalue weighted by atomic mass is 16.6. The summed E-state index contributed by atoms with van der Waals surface area (Å²) in [6.45, 7) is 0. The summed E-state index contributed by atoms with van der Waals surface area (Å²) in [5, 5.41) is 10.8. The van der Waals surface area contributed by atoms with E-state index in [4.69, 9.17) is 0 Å². The maximum Gasteiger partial charge on any atom is 0.269 e. The molecule has 0 unspecified atom stereocenters. The Bertz CT molecular complexity index is 1030. The number of nitrogens with zero attached hydrogens (tertiary/aromatic N) is 2. The van der Waals surface area contributed by atoms with Gasteiger partial charge in [0, 0.05) is 24.5 Å². The third kappa shape index (κ3) is 1.99. The molecule has 7 nitrogen and oxygen atoms in total. The third-order valence-corrected chi connectivity index (χ3v) is 6.01. The Labute approximate surface area is 153 Å². The van der Waals surface area contributed by atoms with Gasteiger partial charge in [0.05, 0.1) is 28.4 Å². The number of non-ortho nitro benzene ring substituents is 1. The molecule has 7 heteroatoms. The van der Waals surface area contributed by atoms with Gasteiger partial charge in [0.25, 0.3) is 5.69 Å². The van der Waals surface area contributed by atoms with E-state index in [1.165, 1.54) is 24.3 Å². The Kier molecular flexibility index (Phi) is 3.13. The van der Waals surface area contributed by atoms with E-state index < -0.39 is 28.6 Å². The minimum Gasteiger partial charge on any atom is -0.299 e. The first kappa shape index (κ1) is 15.9. The van der Waals surface area contributed by atoms with Crippen molar-refractivity contribution in [3.63, 3.8) is 0 Å². The van der Waals surface area contributed by atoms with Crippen LogP contribution in [0.2, 0.25) is 0 Å². The average Bonchev–Trinajstić information content (AvgIpc) is 2.94. The van der Waals surface area contributed by atoms with Gasteiger partial charge in [0.15, 0.2) is 0 Å². The normalized spacial score (nSPS) is 28.3. The summed E-state index contributed by atoms with van der Waals surface area (Å²) >= 11 is 0. The summed E-state index contributed by atoms with van der Waals surface area (Å²) in [4.78, 5) is 50.3. The smallest absolute Gasteiger partial charge is 0.269 e. The van der Waals surface area contributed by atoms with Gasteiger partial charge in [-0.15, -0.1) is 0 Å². The fourth-order valence-corrected chi connectivity index (χ4v) is 4.94. The number of carbonyl (C=O) groups is 3. The Morgan fingerprint density at radius 3 is 2.19 bits per heavy atom. The highest BCUT2D eigenvalue weighted by Crippen LogP contribution is 2.57. The summed E-state index contributed by atoms with van der Waals surface area (Å²) in [5.74, 6) is -2.82. The first-order chi connectivity index (χ1) is 13.0. The second-order valence-electron chi connectivity index (χ2n) is 7.22. The average molecular weight is 362 g/mol. The van der Waals surface area contributed by atoms with Gasteiger partial charge >= 0.3 is 0 Å². The van der Waals surface area contributed by atoms with Crippen LogP contribution >= 0.6 is 0 Å². The number of Topliss-reactive ketones (excluding diaryl/α,β-unsaturated/α-hetero) is 1. The predicted octanol–water partition coefficient (Wildman–Crippen LogP) is 2.55. The Morgan fingerprint density at radius 2 is 1.52 bits per heavy atom. The molecule has 0 N–H and O–H groups in total. The minimum atomic E-state index is -0.686. The summed E-state index contributed by atoms with van der Waals surface area (Å²) in [6, 6.07) is 12.9. The summed E-state index contributed by atoms with van der Waals surface area (Å²) < 4.78 is 0. The number of amides is 2. The van der Waals surface area contributed by atoms with Crippen LogP contribution < -0.4 is 4.90 Å². The molecule has 2 aromatic rings. The summed E-state index contributed by atoms with van der Waals surface area (Å²) in [6.07, 6.45) is 0.274. The number of benzene rings is 2. The lowest BCUT2D eigenvalue weighted by molar-refractivity contribution is -0.384. The van der Waals surface area contributed by atoms with Crippen molar-refractivity contribution in [2.24, 2.45) is 11.8 Å². The first-order valence-corrected chi connectivity index (χ1v) is 8.73. The van der Waals surface area contributed by atoms with Crippen molar-refractivity contribution in [1.29, 1.82) is 0 Å². The van der Waals surface area contributed by atoms with Gasteiger partial charge in [0.2, 0.25) is 11.8 Å². The Morgan fingerprint density at radius 1 is 0.889 bits per heavy atom. The zero-order valence-electron chi connectivity index (χ0n) is 14.1. The number of rotatable bonds is 2. The highest BCUT2D eigenvalue weighted by molar-refractivity contribution is 6.24. The van der Waals surface area contributed by atoms with Gasteiger partial charge in [-0.2, -0.15) is 0 Å². The van der Waals surface area contributed by atoms with Crippen LogP contribution in [0.3, 0.4) is 0 Å². The maximum atomic E-state index is 13.1. The molecule has 27 heavy (non-hydrogen) atoms. The molecule has 6 rings (SSSR count). The van der Waals surface area contributed by atoms with Crippen LogP contribution in [-0.4, -0.2) is 22.5 Å². The quantitative estimate of drug-likeness (QED) is 0.465. The molecule has 0 spiro atoms. The van der Waals surface area contributed by atoms with Crippen LogP contribution in [-0.2, 0) is 14.4 Å². The van der Waals surface area contributed by atoms with Gasteiger partial charge in [0.1, 0.15) is 5.78 Å². The van der Waals surface area contributed by atoms with Crippen LogP contribution in [0.15, 0.2) is 48.5 Å². The molecule has 2 bridgehead atoms. The molecule has 1 saturated heterocycles. The van der Waals surface area contributed by atoms with E-state index in [9.17, 15) is 24.5 Å². The second-order valence-corrected chi connectivity index (χ2v) is 7.22. The maximum absolute atomic E-state index is 13.1. The SMILES string of the molecule is O=C1C[C@H]2c3ccccc3[C@@H]1[C@H]1C(=O)N(c3ccc([N+](=O)[O-])cc3)C(=O)[C@@H]12. The van der Waals surface area contributed by atoms with Crippen molar-refractivity contribution in [3.05, 3.63) is 69.8 Å². The predicted molar refractivity (Wildman–Crippen MR) is 94.1 cm³/mol. The van der Waals surface area contributed by atoms with Gasteiger partial charge in [-0.05, 0) is 23.3 Å². The zero-order valence-corrected chi connectivity index (χ0v) is 14.1. The molecular formula is C20H14N2O5. The molecule has 2 amide bonds. The summed E-state index contributed by atoms with van der Waals surface area (Å²) in [5.41, 5.74) is 2.03. The number of anilines is 1. The molecule has 4 aliphatic rings. The molecule has 1 aliphatic heterocycles. The van der Waals surface area contributed by atoms with E-state index in [1.807, 2.05) is 24.3 Å². The van der Waals surface area contributed by atoms with Gasteiger partial charge in [-0.3, -0.25) is 24.5 Å². The molecule has 2 fully saturated rings. The number of hydrogen-bond donors (Lipinski definition) is 0. The van der Waals surface area contributed by atoms with Crippen LogP contribution in [0.5, 0.6) is 0 Å². The molecule has 4 atom stereocenters. The topological polar surface area (TPSA) is 97.6 Å². The van der Waals surface area contributed by atoms with Crippen molar-refractivity contribution >= 4 is 29.0 Å². The molecular weight excluding hydrogens is 348 g/mol. The number of carbonyl (C=O) groups excluding carboxylic acids is 3. The van der Waals surface area contributed by atoms with Crippen LogP contribution in [0.25, 0.3) is 0 Å². The van der Waals surface area contributed by atoms with Crippen molar-refractivity contribution in [2.45, 2.75) is 18.3 Å². The lowest BCUT2D eigenvalue weighted by Crippen LogP contribution is -2.44. The van der Waals surface area contributed by atoms with E-state index in [-0.39, 0.29) is 29.7 Å². The van der Waals surface area contributed by atoms with Crippen molar-refractivity contribution < 1.29 is 19.3 Å². The van der Waals surface area contributed by atoms with Gasteiger partial charge in [-0.25, -0.2) is 4.90 Å². The Balaban J connectivity index is 1.59. The first-order valence-electron chi connectivity index (χ1n) is 8.73. The zero-order chi connectivity index (χ0) is 18.9. The lowest BCUT2D eigenvalue weighted by atomic mass is 9.56. The number of nitro benzene ring substituents is 1. The standard InChI is InChI=1S/C20H14N2O5/c23-15-9-14-12-3-1-2-4-13(12)16(15)18-17(14)19(24)21(20(18)25)10-5-7-11(8-6-10)22(26)27/h1-8,14,16-18H,9H2/t14-,16-,17+,18+/m0/s1. The van der Waals surface area contributed by atoms with Crippen LogP contribution in [0.1, 0.15) is 29.4 Å². The molecule has 1 saturated carbocycles. The molecule has 134 valence electrons. The number of fused-ring (bicyclic) bond motifs is 1. The number of ketones is 1. The van der Waals surface area contributed by atoms with Crippen LogP contribution in [0.4, 0.5) is 11.4 Å². The van der Waals surface area contributed by atoms with Crippen LogP contribution in [0, 0.1) is 22.0 Å². The monoisotopic (exact) mass is 362 g/mol. The summed E-state index contributed by atoms with van der Waals surface area (Å²) in [7, 11) is 0.